The maximum Gasteiger partial charge on any atom is 0.275 e. The average Bonchev–Trinajstić information content (AvgIpc) is 2.42. The van der Waals surface area contributed by atoms with Gasteiger partial charge in [-0.1, -0.05) is 0 Å². The summed E-state index contributed by atoms with van der Waals surface area (Å²) in [5, 5.41) is 10.8. The Morgan fingerprint density at radius 2 is 1.95 bits per heavy atom. The van der Waals surface area contributed by atoms with E-state index < -0.39 is 22.2 Å². The number of rotatable bonds is 4. The summed E-state index contributed by atoms with van der Waals surface area (Å²) in [5.41, 5.74) is -0.472. The molecule has 0 saturated heterocycles. The van der Waals surface area contributed by atoms with Gasteiger partial charge in [0.25, 0.3) is 5.69 Å². The van der Waals surface area contributed by atoms with Gasteiger partial charge < -0.3 is 4.74 Å². The van der Waals surface area contributed by atoms with Gasteiger partial charge in [0.15, 0.2) is 11.6 Å². The molecule has 2 aromatic carbocycles. The van der Waals surface area contributed by atoms with Crippen molar-refractivity contribution in [3.05, 3.63) is 58.1 Å². The molecule has 8 heteroatoms. The Morgan fingerprint density at radius 3 is 2.57 bits per heavy atom. The quantitative estimate of drug-likeness (QED) is 0.373. The van der Waals surface area contributed by atoms with Crippen molar-refractivity contribution in [2.45, 2.75) is 0 Å². The maximum atomic E-state index is 13.5. The number of non-ortho nitro benzene ring substituents is 1. The van der Waals surface area contributed by atoms with Gasteiger partial charge in [0.05, 0.1) is 16.7 Å². The third kappa shape index (κ3) is 3.46. The van der Waals surface area contributed by atoms with E-state index in [2.05, 4.69) is 4.99 Å². The Hall–Kier alpha value is -3.12. The summed E-state index contributed by atoms with van der Waals surface area (Å²) in [5.74, 6) is -2.20. The highest BCUT2D eigenvalue weighted by Crippen LogP contribution is 2.32. The number of carbonyl (C=O) groups excluding carboxylic acids is 1. The SMILES string of the molecule is O=C=Nc1cc(Oc2ccc(F)cc2F)cc([N+](=O)[O-])c1. The van der Waals surface area contributed by atoms with Gasteiger partial charge in [0.2, 0.25) is 6.08 Å². The lowest BCUT2D eigenvalue weighted by atomic mass is 10.2. The summed E-state index contributed by atoms with van der Waals surface area (Å²) in [6, 6.07) is 5.84. The molecule has 0 aliphatic carbocycles. The van der Waals surface area contributed by atoms with Crippen LogP contribution in [0.5, 0.6) is 11.5 Å². The molecule has 0 bridgehead atoms. The van der Waals surface area contributed by atoms with E-state index in [1.165, 1.54) is 12.1 Å². The molecule has 0 radical (unpaired) electrons. The first-order valence-corrected chi connectivity index (χ1v) is 5.50. The minimum absolute atomic E-state index is 0.0725. The molecule has 0 amide bonds. The number of ether oxygens (including phenoxy) is 1. The van der Waals surface area contributed by atoms with E-state index in [0.717, 1.165) is 24.3 Å². The van der Waals surface area contributed by atoms with Gasteiger partial charge in [-0.25, -0.2) is 13.6 Å². The zero-order valence-corrected chi connectivity index (χ0v) is 10.2. The van der Waals surface area contributed by atoms with Crippen LogP contribution < -0.4 is 4.74 Å². The van der Waals surface area contributed by atoms with Gasteiger partial charge >= 0.3 is 0 Å². The number of isocyanates is 1. The first-order chi connectivity index (χ1) is 9.99. The summed E-state index contributed by atoms with van der Waals surface area (Å²) in [6.45, 7) is 0. The van der Waals surface area contributed by atoms with E-state index in [-0.39, 0.29) is 17.2 Å². The molecule has 0 unspecified atom stereocenters. The summed E-state index contributed by atoms with van der Waals surface area (Å²) >= 11 is 0. The third-order valence-corrected chi connectivity index (χ3v) is 2.38. The van der Waals surface area contributed by atoms with Crippen molar-refractivity contribution in [1.29, 1.82) is 0 Å². The highest BCUT2D eigenvalue weighted by atomic mass is 19.1. The Labute approximate surface area is 116 Å². The van der Waals surface area contributed by atoms with E-state index in [9.17, 15) is 23.7 Å². The average molecular weight is 292 g/mol. The molecular formula is C13H6F2N2O4. The van der Waals surface area contributed by atoms with Crippen LogP contribution in [0.25, 0.3) is 0 Å². The van der Waals surface area contributed by atoms with E-state index in [0.29, 0.717) is 6.07 Å². The van der Waals surface area contributed by atoms with Crippen molar-refractivity contribution in [2.24, 2.45) is 4.99 Å². The number of aliphatic imine (C=N–C) groups is 1. The van der Waals surface area contributed by atoms with Crippen LogP contribution in [0, 0.1) is 21.7 Å². The molecule has 0 aromatic heterocycles. The predicted molar refractivity (Wildman–Crippen MR) is 67.3 cm³/mol. The van der Waals surface area contributed by atoms with Crippen LogP contribution in [0.3, 0.4) is 0 Å². The third-order valence-electron chi connectivity index (χ3n) is 2.38. The number of hydrogen-bond donors (Lipinski definition) is 0. The summed E-state index contributed by atoms with van der Waals surface area (Å²) in [7, 11) is 0. The van der Waals surface area contributed by atoms with Gasteiger partial charge in [-0.2, -0.15) is 4.99 Å². The largest absolute Gasteiger partial charge is 0.454 e. The fourth-order valence-corrected chi connectivity index (χ4v) is 1.53. The Morgan fingerprint density at radius 1 is 1.19 bits per heavy atom. The molecule has 21 heavy (non-hydrogen) atoms. The van der Waals surface area contributed by atoms with Crippen LogP contribution in [-0.2, 0) is 4.79 Å². The number of hydrogen-bond acceptors (Lipinski definition) is 5. The van der Waals surface area contributed by atoms with Gasteiger partial charge in [0, 0.05) is 18.2 Å². The molecule has 6 nitrogen and oxygen atoms in total. The van der Waals surface area contributed by atoms with Gasteiger partial charge in [-0.05, 0) is 12.1 Å². The second kappa shape index (κ2) is 5.89. The molecule has 0 aliphatic heterocycles. The molecule has 0 N–H and O–H groups in total. The summed E-state index contributed by atoms with van der Waals surface area (Å²) < 4.78 is 31.3. The first-order valence-electron chi connectivity index (χ1n) is 5.50. The number of halogens is 2. The Balaban J connectivity index is 2.43. The van der Waals surface area contributed by atoms with Crippen molar-refractivity contribution >= 4 is 17.5 Å². The molecule has 0 saturated carbocycles. The van der Waals surface area contributed by atoms with Crippen molar-refractivity contribution in [1.82, 2.24) is 0 Å². The minimum Gasteiger partial charge on any atom is -0.454 e. The second-order valence-corrected chi connectivity index (χ2v) is 3.82. The van der Waals surface area contributed by atoms with Crippen molar-refractivity contribution in [3.8, 4) is 11.5 Å². The number of nitrogens with zero attached hydrogens (tertiary/aromatic N) is 2. The van der Waals surface area contributed by atoms with Gasteiger partial charge in [-0.3, -0.25) is 10.1 Å². The van der Waals surface area contributed by atoms with Crippen LogP contribution in [-0.4, -0.2) is 11.0 Å². The highest BCUT2D eigenvalue weighted by molar-refractivity contribution is 5.57. The fraction of sp³-hybridized carbons (Fsp3) is 0. The monoisotopic (exact) mass is 292 g/mol. The topological polar surface area (TPSA) is 81.8 Å². The smallest absolute Gasteiger partial charge is 0.275 e. The molecule has 0 heterocycles. The van der Waals surface area contributed by atoms with E-state index >= 15 is 0 Å². The first kappa shape index (κ1) is 14.3. The van der Waals surface area contributed by atoms with E-state index in [1.54, 1.807) is 0 Å². The fourth-order valence-electron chi connectivity index (χ4n) is 1.53. The lowest BCUT2D eigenvalue weighted by molar-refractivity contribution is -0.384. The van der Waals surface area contributed by atoms with Crippen LogP contribution in [0.2, 0.25) is 0 Å². The summed E-state index contributed by atoms with van der Waals surface area (Å²) in [4.78, 5) is 23.5. The van der Waals surface area contributed by atoms with Crippen molar-refractivity contribution in [2.75, 3.05) is 0 Å². The molecule has 2 rings (SSSR count). The molecule has 2 aromatic rings. The van der Waals surface area contributed by atoms with Crippen LogP contribution >= 0.6 is 0 Å². The van der Waals surface area contributed by atoms with E-state index in [1.807, 2.05) is 0 Å². The highest BCUT2D eigenvalue weighted by Gasteiger charge is 2.13. The lowest BCUT2D eigenvalue weighted by Crippen LogP contribution is -1.92. The van der Waals surface area contributed by atoms with Gasteiger partial charge in [0.1, 0.15) is 11.6 Å². The van der Waals surface area contributed by atoms with Crippen molar-refractivity contribution in [3.63, 3.8) is 0 Å². The Bertz CT molecular complexity index is 738. The van der Waals surface area contributed by atoms with Gasteiger partial charge in [-0.15, -0.1) is 0 Å². The number of benzene rings is 2. The lowest BCUT2D eigenvalue weighted by Gasteiger charge is -2.07. The van der Waals surface area contributed by atoms with Crippen molar-refractivity contribution < 1.29 is 23.2 Å². The second-order valence-electron chi connectivity index (χ2n) is 3.82. The predicted octanol–water partition coefficient (Wildman–Crippen LogP) is 3.63. The molecule has 0 atom stereocenters. The van der Waals surface area contributed by atoms with Crippen LogP contribution in [0.4, 0.5) is 20.2 Å². The molecule has 0 aliphatic rings. The number of nitro groups is 1. The summed E-state index contributed by atoms with van der Waals surface area (Å²) in [6.07, 6.45) is 1.23. The zero-order valence-electron chi connectivity index (χ0n) is 10.2. The van der Waals surface area contributed by atoms with Crippen LogP contribution in [0.1, 0.15) is 0 Å². The number of nitro benzene ring substituents is 1. The molecular weight excluding hydrogens is 286 g/mol. The zero-order chi connectivity index (χ0) is 15.4. The minimum atomic E-state index is -0.970. The standard InChI is InChI=1S/C13H6F2N2O4/c14-8-1-2-13(12(15)3-8)21-11-5-9(16-7-18)4-10(6-11)17(19)20/h1-6H. The van der Waals surface area contributed by atoms with E-state index in [4.69, 9.17) is 4.74 Å². The molecule has 0 fully saturated rings. The van der Waals surface area contributed by atoms with Crippen LogP contribution in [0.15, 0.2) is 41.4 Å². The Kier molecular flexibility index (Phi) is 4.01. The molecule has 106 valence electrons. The molecule has 0 spiro atoms. The normalized spacial score (nSPS) is 9.81. The maximum absolute atomic E-state index is 13.5.